The van der Waals surface area contributed by atoms with Gasteiger partial charge in [-0.2, -0.15) is 0 Å². The number of anilines is 1. The SMILES string of the molecule is Cc1ccc(NC(=O)Cc2nc(COc3ccc([N+](=O)[O-])cc3C=O)cs2)cc1. The first-order valence-corrected chi connectivity index (χ1v) is 9.49. The molecule has 1 amide bonds. The Balaban J connectivity index is 1.57. The zero-order chi connectivity index (χ0) is 20.8. The highest BCUT2D eigenvalue weighted by Gasteiger charge is 2.13. The van der Waals surface area contributed by atoms with Crippen LogP contribution in [0, 0.1) is 17.0 Å². The summed E-state index contributed by atoms with van der Waals surface area (Å²) in [5.41, 5.74) is 2.34. The van der Waals surface area contributed by atoms with Crippen molar-refractivity contribution >= 4 is 34.9 Å². The molecule has 0 aliphatic rings. The molecule has 2 aromatic carbocycles. The van der Waals surface area contributed by atoms with Gasteiger partial charge in [-0.05, 0) is 25.1 Å². The van der Waals surface area contributed by atoms with E-state index in [4.69, 9.17) is 4.74 Å². The number of nitrogens with zero attached hydrogens (tertiary/aromatic N) is 2. The van der Waals surface area contributed by atoms with E-state index in [1.54, 1.807) is 5.38 Å². The normalized spacial score (nSPS) is 10.4. The quantitative estimate of drug-likeness (QED) is 0.341. The molecule has 29 heavy (non-hydrogen) atoms. The molecular formula is C20H17N3O5S. The summed E-state index contributed by atoms with van der Waals surface area (Å²) >= 11 is 1.33. The van der Waals surface area contributed by atoms with Crippen molar-refractivity contribution in [3.63, 3.8) is 0 Å². The summed E-state index contributed by atoms with van der Waals surface area (Å²) in [6, 6.07) is 11.3. The third-order valence-corrected chi connectivity index (χ3v) is 4.85. The van der Waals surface area contributed by atoms with Crippen molar-refractivity contribution in [1.29, 1.82) is 0 Å². The lowest BCUT2D eigenvalue weighted by Gasteiger charge is -2.06. The van der Waals surface area contributed by atoms with Crippen LogP contribution in [0.4, 0.5) is 11.4 Å². The van der Waals surface area contributed by atoms with Gasteiger partial charge in [0.15, 0.2) is 6.29 Å². The molecule has 0 fully saturated rings. The number of aldehydes is 1. The van der Waals surface area contributed by atoms with Gasteiger partial charge < -0.3 is 10.1 Å². The molecule has 1 N–H and O–H groups in total. The van der Waals surface area contributed by atoms with Crippen molar-refractivity contribution < 1.29 is 19.2 Å². The Bertz CT molecular complexity index is 1050. The second-order valence-electron chi connectivity index (χ2n) is 6.21. The number of non-ortho nitro benzene ring substituents is 1. The third-order valence-electron chi connectivity index (χ3n) is 3.95. The Morgan fingerprint density at radius 3 is 2.72 bits per heavy atom. The van der Waals surface area contributed by atoms with Crippen LogP contribution in [0.25, 0.3) is 0 Å². The summed E-state index contributed by atoms with van der Waals surface area (Å²) in [5.74, 6) is 0.0616. The fourth-order valence-electron chi connectivity index (χ4n) is 2.50. The zero-order valence-electron chi connectivity index (χ0n) is 15.5. The van der Waals surface area contributed by atoms with E-state index < -0.39 is 4.92 Å². The van der Waals surface area contributed by atoms with E-state index in [-0.39, 0.29) is 35.9 Å². The number of hydrogen-bond acceptors (Lipinski definition) is 7. The number of nitro benzene ring substituents is 1. The van der Waals surface area contributed by atoms with Crippen LogP contribution in [-0.2, 0) is 17.8 Å². The molecule has 148 valence electrons. The lowest BCUT2D eigenvalue weighted by atomic mass is 10.2. The van der Waals surface area contributed by atoms with E-state index in [0.717, 1.165) is 17.3 Å². The van der Waals surface area contributed by atoms with E-state index in [1.807, 2.05) is 31.2 Å². The number of rotatable bonds is 8. The Labute approximate surface area is 170 Å². The van der Waals surface area contributed by atoms with Gasteiger partial charge >= 0.3 is 0 Å². The van der Waals surface area contributed by atoms with E-state index >= 15 is 0 Å². The molecule has 3 aromatic rings. The maximum atomic E-state index is 12.2. The highest BCUT2D eigenvalue weighted by molar-refractivity contribution is 7.09. The first-order chi connectivity index (χ1) is 13.9. The van der Waals surface area contributed by atoms with Crippen LogP contribution >= 0.6 is 11.3 Å². The van der Waals surface area contributed by atoms with Crippen molar-refractivity contribution in [2.75, 3.05) is 5.32 Å². The highest BCUT2D eigenvalue weighted by atomic mass is 32.1. The van der Waals surface area contributed by atoms with Crippen LogP contribution in [0.5, 0.6) is 5.75 Å². The monoisotopic (exact) mass is 411 g/mol. The summed E-state index contributed by atoms with van der Waals surface area (Å²) in [5, 5.41) is 16.0. The Morgan fingerprint density at radius 2 is 2.03 bits per heavy atom. The van der Waals surface area contributed by atoms with E-state index in [2.05, 4.69) is 10.3 Å². The van der Waals surface area contributed by atoms with E-state index in [0.29, 0.717) is 17.0 Å². The van der Waals surface area contributed by atoms with Crippen LogP contribution in [0.15, 0.2) is 47.8 Å². The minimum Gasteiger partial charge on any atom is -0.487 e. The van der Waals surface area contributed by atoms with Gasteiger partial charge in [-0.1, -0.05) is 17.7 Å². The molecule has 1 heterocycles. The lowest BCUT2D eigenvalue weighted by Crippen LogP contribution is -2.14. The first-order valence-electron chi connectivity index (χ1n) is 8.61. The van der Waals surface area contributed by atoms with Gasteiger partial charge in [0.25, 0.3) is 5.69 Å². The van der Waals surface area contributed by atoms with Gasteiger partial charge in [0.2, 0.25) is 5.91 Å². The van der Waals surface area contributed by atoms with Gasteiger partial charge in [-0.15, -0.1) is 11.3 Å². The maximum Gasteiger partial charge on any atom is 0.270 e. The number of thiazole rings is 1. The number of ether oxygens (including phenoxy) is 1. The zero-order valence-corrected chi connectivity index (χ0v) is 16.3. The predicted octanol–water partition coefficient (Wildman–Crippen LogP) is 3.93. The second kappa shape index (κ2) is 9.07. The Kier molecular flexibility index (Phi) is 6.30. The van der Waals surface area contributed by atoms with Crippen LogP contribution in [0.2, 0.25) is 0 Å². The number of hydrogen-bond donors (Lipinski definition) is 1. The fourth-order valence-corrected chi connectivity index (χ4v) is 3.28. The smallest absolute Gasteiger partial charge is 0.270 e. The molecular weight excluding hydrogens is 394 g/mol. The van der Waals surface area contributed by atoms with Gasteiger partial charge in [0.1, 0.15) is 17.4 Å². The predicted molar refractivity (Wildman–Crippen MR) is 108 cm³/mol. The number of aromatic nitrogens is 1. The first kappa shape index (κ1) is 20.2. The molecule has 9 heteroatoms. The third kappa shape index (κ3) is 5.45. The lowest BCUT2D eigenvalue weighted by molar-refractivity contribution is -0.384. The number of amides is 1. The maximum absolute atomic E-state index is 12.2. The second-order valence-corrected chi connectivity index (χ2v) is 7.15. The molecule has 0 radical (unpaired) electrons. The van der Waals surface area contributed by atoms with Crippen LogP contribution in [0.1, 0.15) is 26.6 Å². The summed E-state index contributed by atoms with van der Waals surface area (Å²) in [6.07, 6.45) is 0.639. The summed E-state index contributed by atoms with van der Waals surface area (Å²) in [6.45, 7) is 2.05. The van der Waals surface area contributed by atoms with Crippen molar-refractivity contribution in [1.82, 2.24) is 4.98 Å². The number of benzene rings is 2. The molecule has 0 aliphatic heterocycles. The molecule has 8 nitrogen and oxygen atoms in total. The molecule has 0 atom stereocenters. The Hall–Kier alpha value is -3.59. The highest BCUT2D eigenvalue weighted by Crippen LogP contribution is 2.24. The van der Waals surface area contributed by atoms with E-state index in [9.17, 15) is 19.7 Å². The largest absolute Gasteiger partial charge is 0.487 e. The van der Waals surface area contributed by atoms with Gasteiger partial charge in [-0.3, -0.25) is 19.7 Å². The average molecular weight is 411 g/mol. The topological polar surface area (TPSA) is 111 Å². The molecule has 0 unspecified atom stereocenters. The fraction of sp³-hybridized carbons (Fsp3) is 0.150. The molecule has 0 spiro atoms. The number of nitro groups is 1. The van der Waals surface area contributed by atoms with Crippen molar-refractivity contribution in [3.8, 4) is 5.75 Å². The van der Waals surface area contributed by atoms with Crippen LogP contribution in [0.3, 0.4) is 0 Å². The van der Waals surface area contributed by atoms with Gasteiger partial charge in [0.05, 0.1) is 22.6 Å². The standard InChI is InChI=1S/C20H17N3O5S/c1-13-2-4-15(5-3-13)21-19(25)9-20-22-16(12-29-20)11-28-18-7-6-17(23(26)27)8-14(18)10-24/h2-8,10,12H,9,11H2,1H3,(H,21,25). The molecule has 0 saturated carbocycles. The summed E-state index contributed by atoms with van der Waals surface area (Å²) in [7, 11) is 0. The van der Waals surface area contributed by atoms with Crippen molar-refractivity contribution in [2.45, 2.75) is 20.0 Å². The van der Waals surface area contributed by atoms with Gasteiger partial charge in [0, 0.05) is 23.2 Å². The minimum atomic E-state index is -0.578. The summed E-state index contributed by atoms with van der Waals surface area (Å²) in [4.78, 5) is 37.9. The number of carbonyl (C=O) groups is 2. The van der Waals surface area contributed by atoms with Crippen molar-refractivity contribution in [3.05, 3.63) is 79.8 Å². The molecule has 0 bridgehead atoms. The molecule has 3 rings (SSSR count). The Morgan fingerprint density at radius 1 is 1.28 bits per heavy atom. The van der Waals surface area contributed by atoms with Gasteiger partial charge in [-0.25, -0.2) is 4.98 Å². The van der Waals surface area contributed by atoms with Crippen LogP contribution < -0.4 is 10.1 Å². The van der Waals surface area contributed by atoms with Crippen LogP contribution in [-0.4, -0.2) is 22.1 Å². The molecule has 0 aliphatic carbocycles. The summed E-state index contributed by atoms with van der Waals surface area (Å²) < 4.78 is 5.56. The molecule has 1 aromatic heterocycles. The number of carbonyl (C=O) groups excluding carboxylic acids is 2. The number of nitrogens with one attached hydrogen (secondary N) is 1. The van der Waals surface area contributed by atoms with Crippen molar-refractivity contribution in [2.24, 2.45) is 0 Å². The number of aryl methyl sites for hydroxylation is 1. The molecule has 0 saturated heterocycles. The minimum absolute atomic E-state index is 0.0781. The van der Waals surface area contributed by atoms with E-state index in [1.165, 1.54) is 23.5 Å². The average Bonchev–Trinajstić information content (AvgIpc) is 3.15.